The smallest absolute Gasteiger partial charge is 0.137 e. The molecular formula is C15H12BrF2NO. The van der Waals surface area contributed by atoms with Crippen LogP contribution in [0.25, 0.3) is 0 Å². The van der Waals surface area contributed by atoms with Crippen molar-refractivity contribution in [3.63, 3.8) is 0 Å². The molecule has 1 heterocycles. The average Bonchev–Trinajstić information content (AvgIpc) is 2.41. The van der Waals surface area contributed by atoms with Crippen molar-refractivity contribution in [1.29, 1.82) is 0 Å². The third kappa shape index (κ3) is 2.43. The Morgan fingerprint density at radius 1 is 1.15 bits per heavy atom. The van der Waals surface area contributed by atoms with Crippen LogP contribution in [-0.4, -0.2) is 0 Å². The second-order valence-electron chi connectivity index (χ2n) is 4.80. The number of hydrogen-bond acceptors (Lipinski definition) is 2. The molecule has 0 spiro atoms. The number of halogens is 3. The number of hydrogen-bond donors (Lipinski definition) is 1. The zero-order chi connectivity index (χ0) is 14.3. The Labute approximate surface area is 123 Å². The molecule has 0 saturated carbocycles. The zero-order valence-corrected chi connectivity index (χ0v) is 12.0. The summed E-state index contributed by atoms with van der Waals surface area (Å²) in [7, 11) is 0. The average molecular weight is 340 g/mol. The van der Waals surface area contributed by atoms with Crippen LogP contribution in [0, 0.1) is 11.6 Å². The van der Waals surface area contributed by atoms with Crippen LogP contribution in [0.4, 0.5) is 8.78 Å². The highest BCUT2D eigenvalue weighted by atomic mass is 79.9. The molecule has 0 amide bonds. The fourth-order valence-electron chi connectivity index (χ4n) is 2.39. The molecule has 3 rings (SSSR count). The van der Waals surface area contributed by atoms with Crippen LogP contribution in [-0.2, 0) is 0 Å². The summed E-state index contributed by atoms with van der Waals surface area (Å²) in [6.45, 7) is 0. The molecule has 0 saturated heterocycles. The Morgan fingerprint density at radius 2 is 1.95 bits per heavy atom. The van der Waals surface area contributed by atoms with Gasteiger partial charge in [0.15, 0.2) is 0 Å². The molecule has 0 aromatic heterocycles. The molecule has 0 fully saturated rings. The van der Waals surface area contributed by atoms with E-state index in [9.17, 15) is 8.78 Å². The SMILES string of the molecule is N[C@@H]1CC(c2ccc(F)c(Br)c2)Oc2cc(F)ccc21. The van der Waals surface area contributed by atoms with Gasteiger partial charge in [-0.2, -0.15) is 0 Å². The molecule has 2 aromatic rings. The first-order valence-corrected chi connectivity index (χ1v) is 7.00. The van der Waals surface area contributed by atoms with Crippen LogP contribution in [0.3, 0.4) is 0 Å². The first-order valence-electron chi connectivity index (χ1n) is 6.21. The molecule has 20 heavy (non-hydrogen) atoms. The number of nitrogens with two attached hydrogens (primary N) is 1. The number of fused-ring (bicyclic) bond motifs is 1. The first kappa shape index (κ1) is 13.5. The van der Waals surface area contributed by atoms with Crippen LogP contribution >= 0.6 is 15.9 Å². The predicted molar refractivity (Wildman–Crippen MR) is 75.4 cm³/mol. The van der Waals surface area contributed by atoms with Crippen LogP contribution in [0.5, 0.6) is 5.75 Å². The lowest BCUT2D eigenvalue weighted by molar-refractivity contribution is 0.160. The molecule has 1 unspecified atom stereocenters. The minimum absolute atomic E-state index is 0.229. The summed E-state index contributed by atoms with van der Waals surface area (Å²) in [5.41, 5.74) is 7.71. The largest absolute Gasteiger partial charge is 0.485 e. The van der Waals surface area contributed by atoms with Crippen molar-refractivity contribution in [2.45, 2.75) is 18.6 Å². The van der Waals surface area contributed by atoms with E-state index in [0.29, 0.717) is 16.6 Å². The Morgan fingerprint density at radius 3 is 2.70 bits per heavy atom. The highest BCUT2D eigenvalue weighted by Crippen LogP contribution is 2.40. The van der Waals surface area contributed by atoms with Crippen molar-refractivity contribution >= 4 is 15.9 Å². The lowest BCUT2D eigenvalue weighted by Gasteiger charge is -2.30. The molecule has 1 aliphatic heterocycles. The fourth-order valence-corrected chi connectivity index (χ4v) is 2.79. The zero-order valence-electron chi connectivity index (χ0n) is 10.4. The van der Waals surface area contributed by atoms with Gasteiger partial charge in [0.2, 0.25) is 0 Å². The van der Waals surface area contributed by atoms with Gasteiger partial charge < -0.3 is 10.5 Å². The maximum absolute atomic E-state index is 13.3. The van der Waals surface area contributed by atoms with E-state index in [0.717, 1.165) is 11.1 Å². The van der Waals surface area contributed by atoms with E-state index in [4.69, 9.17) is 10.5 Å². The van der Waals surface area contributed by atoms with Crippen molar-refractivity contribution in [2.75, 3.05) is 0 Å². The van der Waals surface area contributed by atoms with E-state index >= 15 is 0 Å². The van der Waals surface area contributed by atoms with E-state index in [2.05, 4.69) is 15.9 Å². The van der Waals surface area contributed by atoms with Crippen LogP contribution in [0.1, 0.15) is 29.7 Å². The van der Waals surface area contributed by atoms with E-state index < -0.39 is 0 Å². The Hall–Kier alpha value is -1.46. The van der Waals surface area contributed by atoms with Gasteiger partial charge in [0, 0.05) is 24.1 Å². The molecule has 5 heteroatoms. The van der Waals surface area contributed by atoms with Gasteiger partial charge in [-0.05, 0) is 39.7 Å². The normalized spacial score (nSPS) is 21.2. The summed E-state index contributed by atoms with van der Waals surface area (Å²) in [5.74, 6) is -0.244. The standard InChI is InChI=1S/C15H12BrF2NO/c16-11-5-8(1-4-12(11)18)14-7-13(19)10-3-2-9(17)6-15(10)20-14/h1-6,13-14H,7,19H2/t13-,14?/m1/s1. The highest BCUT2D eigenvalue weighted by Gasteiger charge is 2.27. The molecule has 2 atom stereocenters. The number of benzene rings is 2. The van der Waals surface area contributed by atoms with Gasteiger partial charge in [0.05, 0.1) is 4.47 Å². The van der Waals surface area contributed by atoms with Gasteiger partial charge in [0.25, 0.3) is 0 Å². The van der Waals surface area contributed by atoms with Crippen molar-refractivity contribution in [2.24, 2.45) is 5.73 Å². The monoisotopic (exact) mass is 339 g/mol. The number of ether oxygens (including phenoxy) is 1. The van der Waals surface area contributed by atoms with E-state index in [1.807, 2.05) is 0 Å². The summed E-state index contributed by atoms with van der Waals surface area (Å²) >= 11 is 3.15. The quantitative estimate of drug-likeness (QED) is 0.842. The summed E-state index contributed by atoms with van der Waals surface area (Å²) in [4.78, 5) is 0. The summed E-state index contributed by atoms with van der Waals surface area (Å²) in [5, 5.41) is 0. The second kappa shape index (κ2) is 5.14. The third-order valence-electron chi connectivity index (χ3n) is 3.43. The Kier molecular flexibility index (Phi) is 3.48. The van der Waals surface area contributed by atoms with Gasteiger partial charge in [-0.1, -0.05) is 12.1 Å². The van der Waals surface area contributed by atoms with Gasteiger partial charge >= 0.3 is 0 Å². The number of rotatable bonds is 1. The molecule has 2 aromatic carbocycles. The van der Waals surface area contributed by atoms with Crippen molar-refractivity contribution < 1.29 is 13.5 Å². The van der Waals surface area contributed by atoms with Crippen molar-refractivity contribution in [3.05, 3.63) is 63.6 Å². The second-order valence-corrected chi connectivity index (χ2v) is 5.66. The minimum Gasteiger partial charge on any atom is -0.485 e. The van der Waals surface area contributed by atoms with Crippen LogP contribution in [0.15, 0.2) is 40.9 Å². The van der Waals surface area contributed by atoms with Crippen molar-refractivity contribution in [1.82, 2.24) is 0 Å². The molecule has 2 N–H and O–H groups in total. The minimum atomic E-state index is -0.364. The lowest BCUT2D eigenvalue weighted by atomic mass is 9.93. The lowest BCUT2D eigenvalue weighted by Crippen LogP contribution is -2.24. The third-order valence-corrected chi connectivity index (χ3v) is 4.04. The van der Waals surface area contributed by atoms with E-state index in [-0.39, 0.29) is 23.8 Å². The molecule has 2 nitrogen and oxygen atoms in total. The van der Waals surface area contributed by atoms with Gasteiger partial charge in [-0.3, -0.25) is 0 Å². The molecule has 1 aliphatic rings. The summed E-state index contributed by atoms with van der Waals surface area (Å²) < 4.78 is 32.7. The molecule has 0 aliphatic carbocycles. The topological polar surface area (TPSA) is 35.2 Å². The van der Waals surface area contributed by atoms with Gasteiger partial charge in [0.1, 0.15) is 23.5 Å². The predicted octanol–water partition coefficient (Wildman–Crippen LogP) is 4.25. The molecule has 0 bridgehead atoms. The fraction of sp³-hybridized carbons (Fsp3) is 0.200. The van der Waals surface area contributed by atoms with Crippen LogP contribution < -0.4 is 10.5 Å². The van der Waals surface area contributed by atoms with E-state index in [1.54, 1.807) is 18.2 Å². The van der Waals surface area contributed by atoms with Crippen LogP contribution in [0.2, 0.25) is 0 Å². The van der Waals surface area contributed by atoms with Gasteiger partial charge in [-0.25, -0.2) is 8.78 Å². The molecular weight excluding hydrogens is 328 g/mol. The summed E-state index contributed by atoms with van der Waals surface area (Å²) in [6.07, 6.45) is 0.257. The highest BCUT2D eigenvalue weighted by molar-refractivity contribution is 9.10. The Bertz CT molecular complexity index is 662. The summed E-state index contributed by atoms with van der Waals surface area (Å²) in [6, 6.07) is 8.81. The first-order chi connectivity index (χ1) is 9.54. The molecule has 0 radical (unpaired) electrons. The maximum atomic E-state index is 13.3. The molecule has 104 valence electrons. The maximum Gasteiger partial charge on any atom is 0.137 e. The van der Waals surface area contributed by atoms with Crippen molar-refractivity contribution in [3.8, 4) is 5.75 Å². The Balaban J connectivity index is 1.96. The van der Waals surface area contributed by atoms with Gasteiger partial charge in [-0.15, -0.1) is 0 Å². The van der Waals surface area contributed by atoms with E-state index in [1.165, 1.54) is 18.2 Å².